The van der Waals surface area contributed by atoms with Crippen LogP contribution in [0.15, 0.2) is 35.5 Å². The molecule has 0 aliphatic rings. The molecule has 0 unspecified atom stereocenters. The number of nitrogens with two attached hydrogens (primary N) is 2. The highest BCUT2D eigenvalue weighted by atomic mass is 15.0. The Morgan fingerprint density at radius 3 is 2.79 bits per heavy atom. The van der Waals surface area contributed by atoms with Crippen LogP contribution in [0.25, 0.3) is 10.9 Å². The standard InChI is InChI=1S/C10H12N4/c1-14-5-4-7-6-8(13-10(11)12)2-3-9(7)14/h2-6H,1H3,(H4,11,12,13). The number of aryl methyl sites for hydroxylation is 1. The van der Waals surface area contributed by atoms with Crippen LogP contribution in [0.2, 0.25) is 0 Å². The minimum absolute atomic E-state index is 0.0836. The molecule has 4 N–H and O–H groups in total. The van der Waals surface area contributed by atoms with Crippen LogP contribution in [-0.2, 0) is 7.05 Å². The van der Waals surface area contributed by atoms with E-state index in [1.54, 1.807) is 0 Å². The van der Waals surface area contributed by atoms with Crippen LogP contribution >= 0.6 is 0 Å². The highest BCUT2D eigenvalue weighted by molar-refractivity contribution is 5.85. The molecule has 0 bridgehead atoms. The molecule has 1 heterocycles. The lowest BCUT2D eigenvalue weighted by atomic mass is 10.2. The quantitative estimate of drug-likeness (QED) is 0.519. The van der Waals surface area contributed by atoms with Gasteiger partial charge < -0.3 is 16.0 Å². The minimum atomic E-state index is 0.0836. The van der Waals surface area contributed by atoms with Gasteiger partial charge in [-0.3, -0.25) is 0 Å². The molecule has 1 aromatic carbocycles. The Labute approximate surface area is 81.8 Å². The second kappa shape index (κ2) is 3.06. The van der Waals surface area contributed by atoms with E-state index in [0.717, 1.165) is 11.1 Å². The first kappa shape index (κ1) is 8.62. The lowest BCUT2D eigenvalue weighted by Crippen LogP contribution is -2.21. The van der Waals surface area contributed by atoms with Crippen molar-refractivity contribution in [3.63, 3.8) is 0 Å². The first-order valence-corrected chi connectivity index (χ1v) is 4.31. The third kappa shape index (κ3) is 1.42. The van der Waals surface area contributed by atoms with Crippen molar-refractivity contribution in [1.29, 1.82) is 0 Å². The highest BCUT2D eigenvalue weighted by Crippen LogP contribution is 2.21. The summed E-state index contributed by atoms with van der Waals surface area (Å²) in [4.78, 5) is 3.98. The Kier molecular flexibility index (Phi) is 1.89. The van der Waals surface area contributed by atoms with Gasteiger partial charge in [-0.05, 0) is 24.3 Å². The van der Waals surface area contributed by atoms with E-state index >= 15 is 0 Å². The van der Waals surface area contributed by atoms with E-state index in [9.17, 15) is 0 Å². The Balaban J connectivity index is 2.57. The molecule has 14 heavy (non-hydrogen) atoms. The third-order valence-corrected chi connectivity index (χ3v) is 2.13. The summed E-state index contributed by atoms with van der Waals surface area (Å²) in [5, 5.41) is 1.13. The van der Waals surface area contributed by atoms with Gasteiger partial charge in [0.15, 0.2) is 5.96 Å². The molecule has 0 radical (unpaired) electrons. The van der Waals surface area contributed by atoms with Gasteiger partial charge in [0, 0.05) is 24.1 Å². The van der Waals surface area contributed by atoms with Gasteiger partial charge in [0.1, 0.15) is 0 Å². The highest BCUT2D eigenvalue weighted by Gasteiger charge is 1.98. The molecule has 0 amide bonds. The van der Waals surface area contributed by atoms with Crippen molar-refractivity contribution in [1.82, 2.24) is 4.57 Å². The number of benzene rings is 1. The van der Waals surface area contributed by atoms with Crippen LogP contribution in [0, 0.1) is 0 Å². The summed E-state index contributed by atoms with van der Waals surface area (Å²) in [5.41, 5.74) is 12.5. The Morgan fingerprint density at radius 2 is 2.07 bits per heavy atom. The van der Waals surface area contributed by atoms with E-state index in [1.165, 1.54) is 5.52 Å². The summed E-state index contributed by atoms with van der Waals surface area (Å²) >= 11 is 0. The van der Waals surface area contributed by atoms with E-state index in [0.29, 0.717) is 0 Å². The molecule has 0 saturated heterocycles. The number of hydrogen-bond donors (Lipinski definition) is 2. The fourth-order valence-electron chi connectivity index (χ4n) is 1.49. The molecule has 0 aliphatic heterocycles. The van der Waals surface area contributed by atoms with E-state index in [-0.39, 0.29) is 5.96 Å². The number of aromatic nitrogens is 1. The molecule has 0 saturated carbocycles. The molecule has 0 fully saturated rings. The van der Waals surface area contributed by atoms with Crippen molar-refractivity contribution in [2.24, 2.45) is 23.5 Å². The van der Waals surface area contributed by atoms with Crippen molar-refractivity contribution in [3.05, 3.63) is 30.5 Å². The first-order chi connectivity index (χ1) is 6.66. The van der Waals surface area contributed by atoms with Gasteiger partial charge >= 0.3 is 0 Å². The van der Waals surface area contributed by atoms with Gasteiger partial charge in [0.2, 0.25) is 0 Å². The predicted octanol–water partition coefficient (Wildman–Crippen LogP) is 1.08. The maximum Gasteiger partial charge on any atom is 0.191 e. The second-order valence-corrected chi connectivity index (χ2v) is 3.21. The van der Waals surface area contributed by atoms with Crippen molar-refractivity contribution < 1.29 is 0 Å². The largest absolute Gasteiger partial charge is 0.370 e. The summed E-state index contributed by atoms with van der Waals surface area (Å²) in [7, 11) is 2.00. The van der Waals surface area contributed by atoms with Crippen LogP contribution in [0.1, 0.15) is 0 Å². The Morgan fingerprint density at radius 1 is 1.29 bits per heavy atom. The van der Waals surface area contributed by atoms with Gasteiger partial charge in [-0.1, -0.05) is 0 Å². The fourth-order valence-corrected chi connectivity index (χ4v) is 1.49. The molecule has 72 valence electrons. The number of hydrogen-bond acceptors (Lipinski definition) is 1. The monoisotopic (exact) mass is 188 g/mol. The molecular formula is C10H12N4. The van der Waals surface area contributed by atoms with Crippen LogP contribution in [-0.4, -0.2) is 10.5 Å². The second-order valence-electron chi connectivity index (χ2n) is 3.21. The van der Waals surface area contributed by atoms with Crippen molar-refractivity contribution in [2.75, 3.05) is 0 Å². The van der Waals surface area contributed by atoms with Crippen LogP contribution in [0.4, 0.5) is 5.69 Å². The number of aliphatic imine (C=N–C) groups is 1. The zero-order valence-electron chi connectivity index (χ0n) is 7.94. The lowest BCUT2D eigenvalue weighted by Gasteiger charge is -1.97. The fraction of sp³-hybridized carbons (Fsp3) is 0.100. The maximum atomic E-state index is 5.30. The van der Waals surface area contributed by atoms with Gasteiger partial charge in [-0.2, -0.15) is 0 Å². The number of guanidine groups is 1. The summed E-state index contributed by atoms with van der Waals surface area (Å²) in [5.74, 6) is 0.0836. The molecule has 0 spiro atoms. The van der Waals surface area contributed by atoms with Gasteiger partial charge in [-0.25, -0.2) is 4.99 Å². The third-order valence-electron chi connectivity index (χ3n) is 2.13. The molecule has 0 atom stereocenters. The van der Waals surface area contributed by atoms with E-state index in [2.05, 4.69) is 9.56 Å². The molecular weight excluding hydrogens is 176 g/mol. The van der Waals surface area contributed by atoms with Crippen LogP contribution in [0.3, 0.4) is 0 Å². The SMILES string of the molecule is Cn1ccc2cc(N=C(N)N)ccc21. The van der Waals surface area contributed by atoms with Crippen LogP contribution < -0.4 is 11.5 Å². The van der Waals surface area contributed by atoms with Crippen molar-refractivity contribution >= 4 is 22.5 Å². The Hall–Kier alpha value is -1.97. The molecule has 2 rings (SSSR count). The maximum absolute atomic E-state index is 5.30. The minimum Gasteiger partial charge on any atom is -0.370 e. The summed E-state index contributed by atoms with van der Waals surface area (Å²) in [6, 6.07) is 7.87. The smallest absolute Gasteiger partial charge is 0.191 e. The first-order valence-electron chi connectivity index (χ1n) is 4.31. The zero-order chi connectivity index (χ0) is 10.1. The van der Waals surface area contributed by atoms with E-state index < -0.39 is 0 Å². The van der Waals surface area contributed by atoms with Gasteiger partial charge in [0.05, 0.1) is 5.69 Å². The summed E-state index contributed by atoms with van der Waals surface area (Å²) in [6.07, 6.45) is 2.00. The van der Waals surface area contributed by atoms with Gasteiger partial charge in [0.25, 0.3) is 0 Å². The van der Waals surface area contributed by atoms with E-state index in [1.807, 2.05) is 37.5 Å². The van der Waals surface area contributed by atoms with E-state index in [4.69, 9.17) is 11.5 Å². The average molecular weight is 188 g/mol. The lowest BCUT2D eigenvalue weighted by molar-refractivity contribution is 0.969. The normalized spacial score (nSPS) is 10.4. The average Bonchev–Trinajstić information content (AvgIpc) is 2.46. The van der Waals surface area contributed by atoms with Crippen molar-refractivity contribution in [2.45, 2.75) is 0 Å². The topological polar surface area (TPSA) is 69.3 Å². The predicted molar refractivity (Wildman–Crippen MR) is 58.4 cm³/mol. The van der Waals surface area contributed by atoms with Crippen molar-refractivity contribution in [3.8, 4) is 0 Å². The molecule has 1 aromatic heterocycles. The number of rotatable bonds is 1. The molecule has 4 heteroatoms. The molecule has 4 nitrogen and oxygen atoms in total. The Bertz CT molecular complexity index is 492. The summed E-state index contributed by atoms with van der Waals surface area (Å²) < 4.78 is 2.05. The summed E-state index contributed by atoms with van der Waals surface area (Å²) in [6.45, 7) is 0. The number of nitrogens with zero attached hydrogens (tertiary/aromatic N) is 2. The zero-order valence-corrected chi connectivity index (χ0v) is 7.94. The molecule has 2 aromatic rings. The van der Waals surface area contributed by atoms with Crippen LogP contribution in [0.5, 0.6) is 0 Å². The number of fused-ring (bicyclic) bond motifs is 1. The molecule has 0 aliphatic carbocycles. The van der Waals surface area contributed by atoms with Gasteiger partial charge in [-0.15, -0.1) is 0 Å².